The molecule has 0 aromatic carbocycles. The summed E-state index contributed by atoms with van der Waals surface area (Å²) in [7, 11) is 0. The van der Waals surface area contributed by atoms with Gasteiger partial charge in [0.05, 0.1) is 12.0 Å². The molecule has 0 aliphatic heterocycles. The Morgan fingerprint density at radius 3 is 2.94 bits per heavy atom. The predicted molar refractivity (Wildman–Crippen MR) is 66.6 cm³/mol. The van der Waals surface area contributed by atoms with Gasteiger partial charge in [0.1, 0.15) is 5.76 Å². The Kier molecular flexibility index (Phi) is 3.98. The third kappa shape index (κ3) is 3.46. The highest BCUT2D eigenvalue weighted by molar-refractivity contribution is 5.03. The molecular formula is C13H19N3O. The summed E-state index contributed by atoms with van der Waals surface area (Å²) < 4.78 is 5.32. The number of aromatic nitrogens is 2. The first-order chi connectivity index (χ1) is 8.25. The summed E-state index contributed by atoms with van der Waals surface area (Å²) >= 11 is 0. The second-order valence-corrected chi connectivity index (χ2v) is 4.42. The third-order valence-electron chi connectivity index (χ3n) is 2.93. The molecule has 4 heteroatoms. The Morgan fingerprint density at radius 2 is 2.29 bits per heavy atom. The second-order valence-electron chi connectivity index (χ2n) is 4.42. The Balaban J connectivity index is 1.75. The highest BCUT2D eigenvalue weighted by atomic mass is 16.3. The van der Waals surface area contributed by atoms with Crippen molar-refractivity contribution in [1.82, 2.24) is 15.5 Å². The molecule has 0 amide bonds. The summed E-state index contributed by atoms with van der Waals surface area (Å²) in [5, 5.41) is 10.5. The van der Waals surface area contributed by atoms with Gasteiger partial charge < -0.3 is 9.73 Å². The van der Waals surface area contributed by atoms with E-state index >= 15 is 0 Å². The lowest BCUT2D eigenvalue weighted by atomic mass is 10.1. The molecule has 2 unspecified atom stereocenters. The molecule has 2 rings (SSSR count). The number of H-pyrrole nitrogens is 1. The minimum atomic E-state index is 0.295. The second kappa shape index (κ2) is 5.68. The van der Waals surface area contributed by atoms with Gasteiger partial charge in [-0.2, -0.15) is 5.10 Å². The quantitative estimate of drug-likeness (QED) is 0.806. The molecule has 2 heterocycles. The van der Waals surface area contributed by atoms with Crippen LogP contribution in [0, 0.1) is 0 Å². The maximum Gasteiger partial charge on any atom is 0.103 e. The largest absolute Gasteiger partial charge is 0.469 e. The Hall–Kier alpha value is -1.55. The molecule has 0 spiro atoms. The minimum Gasteiger partial charge on any atom is -0.469 e. The SMILES string of the molecule is CC(CCc1ccco1)NC(C)c1ccn[nH]1. The molecule has 0 radical (unpaired) electrons. The molecule has 0 aliphatic rings. The first kappa shape index (κ1) is 11.9. The van der Waals surface area contributed by atoms with E-state index in [-0.39, 0.29) is 0 Å². The van der Waals surface area contributed by atoms with Gasteiger partial charge in [0.2, 0.25) is 0 Å². The highest BCUT2D eigenvalue weighted by Crippen LogP contribution is 2.11. The minimum absolute atomic E-state index is 0.295. The zero-order valence-electron chi connectivity index (χ0n) is 10.3. The first-order valence-electron chi connectivity index (χ1n) is 6.03. The van der Waals surface area contributed by atoms with Crippen LogP contribution in [0.2, 0.25) is 0 Å². The van der Waals surface area contributed by atoms with Crippen LogP contribution in [0.15, 0.2) is 35.1 Å². The van der Waals surface area contributed by atoms with Gasteiger partial charge in [-0.15, -0.1) is 0 Å². The van der Waals surface area contributed by atoms with Crippen molar-refractivity contribution < 1.29 is 4.42 Å². The Labute approximate surface area is 101 Å². The normalized spacial score (nSPS) is 14.7. The van der Waals surface area contributed by atoms with Crippen molar-refractivity contribution in [2.45, 2.75) is 38.8 Å². The third-order valence-corrected chi connectivity index (χ3v) is 2.93. The van der Waals surface area contributed by atoms with E-state index in [1.165, 1.54) is 0 Å². The van der Waals surface area contributed by atoms with Gasteiger partial charge in [0.15, 0.2) is 0 Å². The molecule has 2 aromatic rings. The van der Waals surface area contributed by atoms with E-state index in [1.807, 2.05) is 18.2 Å². The number of aryl methyl sites for hydroxylation is 1. The van der Waals surface area contributed by atoms with Gasteiger partial charge in [-0.1, -0.05) is 0 Å². The lowest BCUT2D eigenvalue weighted by Crippen LogP contribution is -2.29. The van der Waals surface area contributed by atoms with Gasteiger partial charge in [0, 0.05) is 24.7 Å². The number of rotatable bonds is 6. The molecule has 17 heavy (non-hydrogen) atoms. The molecular weight excluding hydrogens is 214 g/mol. The van der Waals surface area contributed by atoms with Gasteiger partial charge in [-0.25, -0.2) is 0 Å². The number of hydrogen-bond donors (Lipinski definition) is 2. The molecule has 2 atom stereocenters. The fourth-order valence-corrected chi connectivity index (χ4v) is 1.92. The average molecular weight is 233 g/mol. The van der Waals surface area contributed by atoms with Crippen LogP contribution in [0.25, 0.3) is 0 Å². The number of nitrogens with one attached hydrogen (secondary N) is 2. The van der Waals surface area contributed by atoms with E-state index in [1.54, 1.807) is 12.5 Å². The smallest absolute Gasteiger partial charge is 0.103 e. The summed E-state index contributed by atoms with van der Waals surface area (Å²) in [6.07, 6.45) is 5.53. The molecule has 0 fully saturated rings. The summed E-state index contributed by atoms with van der Waals surface area (Å²) in [5.74, 6) is 1.05. The van der Waals surface area contributed by atoms with Crippen LogP contribution < -0.4 is 5.32 Å². The first-order valence-corrected chi connectivity index (χ1v) is 6.03. The van der Waals surface area contributed by atoms with E-state index in [0.29, 0.717) is 12.1 Å². The van der Waals surface area contributed by atoms with Crippen molar-refractivity contribution in [2.75, 3.05) is 0 Å². The maximum absolute atomic E-state index is 5.32. The van der Waals surface area contributed by atoms with E-state index in [4.69, 9.17) is 4.42 Å². The fraction of sp³-hybridized carbons (Fsp3) is 0.462. The topological polar surface area (TPSA) is 53.9 Å². The van der Waals surface area contributed by atoms with Gasteiger partial charge >= 0.3 is 0 Å². The van der Waals surface area contributed by atoms with Crippen LogP contribution in [0.4, 0.5) is 0 Å². The van der Waals surface area contributed by atoms with Gasteiger partial charge in [0.25, 0.3) is 0 Å². The van der Waals surface area contributed by atoms with Crippen LogP contribution in [0.5, 0.6) is 0 Å². The zero-order valence-corrected chi connectivity index (χ0v) is 10.3. The van der Waals surface area contributed by atoms with Crippen LogP contribution in [0.3, 0.4) is 0 Å². The van der Waals surface area contributed by atoms with E-state index in [2.05, 4.69) is 29.4 Å². The molecule has 2 N–H and O–H groups in total. The molecule has 0 saturated carbocycles. The van der Waals surface area contributed by atoms with Crippen LogP contribution in [0.1, 0.15) is 37.8 Å². The van der Waals surface area contributed by atoms with Gasteiger partial charge in [-0.05, 0) is 38.5 Å². The number of furan rings is 1. The van der Waals surface area contributed by atoms with E-state index in [0.717, 1.165) is 24.3 Å². The van der Waals surface area contributed by atoms with Crippen LogP contribution >= 0.6 is 0 Å². The van der Waals surface area contributed by atoms with Crippen molar-refractivity contribution in [3.8, 4) is 0 Å². The standard InChI is InChI=1S/C13H19N3O/c1-10(5-6-12-4-3-9-17-12)15-11(2)13-7-8-14-16-13/h3-4,7-11,15H,5-6H2,1-2H3,(H,14,16). The molecule has 0 aliphatic carbocycles. The molecule has 2 aromatic heterocycles. The van der Waals surface area contributed by atoms with E-state index in [9.17, 15) is 0 Å². The average Bonchev–Trinajstić information content (AvgIpc) is 2.99. The molecule has 0 saturated heterocycles. The van der Waals surface area contributed by atoms with Crippen LogP contribution in [-0.4, -0.2) is 16.2 Å². The van der Waals surface area contributed by atoms with Crippen molar-refractivity contribution in [3.63, 3.8) is 0 Å². The summed E-state index contributed by atoms with van der Waals surface area (Å²) in [6.45, 7) is 4.33. The summed E-state index contributed by atoms with van der Waals surface area (Å²) in [6, 6.07) is 6.69. The number of aromatic amines is 1. The predicted octanol–water partition coefficient (Wildman–Crippen LogP) is 2.67. The van der Waals surface area contributed by atoms with Gasteiger partial charge in [-0.3, -0.25) is 5.10 Å². The Bertz CT molecular complexity index is 408. The van der Waals surface area contributed by atoms with Crippen LogP contribution in [-0.2, 0) is 6.42 Å². The lowest BCUT2D eigenvalue weighted by Gasteiger charge is -2.18. The molecule has 92 valence electrons. The van der Waals surface area contributed by atoms with Crippen molar-refractivity contribution >= 4 is 0 Å². The maximum atomic E-state index is 5.32. The highest BCUT2D eigenvalue weighted by Gasteiger charge is 2.10. The van der Waals surface area contributed by atoms with E-state index < -0.39 is 0 Å². The molecule has 4 nitrogen and oxygen atoms in total. The van der Waals surface area contributed by atoms with Crippen molar-refractivity contribution in [3.05, 3.63) is 42.1 Å². The molecule has 0 bridgehead atoms. The summed E-state index contributed by atoms with van der Waals surface area (Å²) in [5.41, 5.74) is 1.12. The monoisotopic (exact) mass is 233 g/mol. The van der Waals surface area contributed by atoms with Crippen molar-refractivity contribution in [1.29, 1.82) is 0 Å². The summed E-state index contributed by atoms with van der Waals surface area (Å²) in [4.78, 5) is 0. The lowest BCUT2D eigenvalue weighted by molar-refractivity contribution is 0.426. The Morgan fingerprint density at radius 1 is 1.41 bits per heavy atom. The van der Waals surface area contributed by atoms with Crippen molar-refractivity contribution in [2.24, 2.45) is 0 Å². The fourth-order valence-electron chi connectivity index (χ4n) is 1.92. The zero-order chi connectivity index (χ0) is 12.1. The number of nitrogens with zero attached hydrogens (tertiary/aromatic N) is 1. The number of hydrogen-bond acceptors (Lipinski definition) is 3.